The van der Waals surface area contributed by atoms with E-state index < -0.39 is 5.60 Å². The molecule has 2 aliphatic rings. The third kappa shape index (κ3) is 2.76. The minimum atomic E-state index is -0.505. The Bertz CT molecular complexity index is 680. The van der Waals surface area contributed by atoms with Crippen LogP contribution in [0.15, 0.2) is 24.8 Å². The van der Waals surface area contributed by atoms with Crippen LogP contribution in [0, 0.1) is 5.92 Å². The Morgan fingerprint density at radius 2 is 2.17 bits per heavy atom. The molecule has 2 aromatic rings. The van der Waals surface area contributed by atoms with Crippen LogP contribution in [0.1, 0.15) is 51.1 Å². The average Bonchev–Trinajstić information content (AvgIpc) is 3.15. The van der Waals surface area contributed by atoms with Gasteiger partial charge in [0.2, 0.25) is 0 Å². The summed E-state index contributed by atoms with van der Waals surface area (Å²) in [5, 5.41) is 10.9. The van der Waals surface area contributed by atoms with E-state index in [1.807, 2.05) is 25.5 Å². The second kappa shape index (κ2) is 5.87. The Hall–Kier alpha value is -1.46. The Morgan fingerprint density at radius 1 is 1.26 bits per heavy atom. The molecule has 0 amide bonds. The number of hydrogen-bond donors (Lipinski definition) is 1. The summed E-state index contributed by atoms with van der Waals surface area (Å²) in [4.78, 5) is 11.2. The smallest absolute Gasteiger partial charge is 0.155 e. The van der Waals surface area contributed by atoms with E-state index in [2.05, 4.69) is 19.3 Å². The van der Waals surface area contributed by atoms with Gasteiger partial charge in [-0.25, -0.2) is 4.98 Å². The molecular formula is C18H26N4O. The van der Waals surface area contributed by atoms with E-state index in [-0.39, 0.29) is 0 Å². The molecule has 3 heterocycles. The summed E-state index contributed by atoms with van der Waals surface area (Å²) >= 11 is 0. The van der Waals surface area contributed by atoms with E-state index in [9.17, 15) is 5.11 Å². The fraction of sp³-hybridized carbons (Fsp3) is 0.667. The van der Waals surface area contributed by atoms with Crippen molar-refractivity contribution in [3.05, 3.63) is 30.5 Å². The highest BCUT2D eigenvalue weighted by Gasteiger charge is 2.43. The van der Waals surface area contributed by atoms with Crippen molar-refractivity contribution in [3.8, 4) is 0 Å². The summed E-state index contributed by atoms with van der Waals surface area (Å²) in [6, 6.07) is 0.498. The quantitative estimate of drug-likeness (QED) is 0.946. The summed E-state index contributed by atoms with van der Waals surface area (Å²) in [5.41, 5.74) is 1.61. The number of likely N-dealkylation sites (tertiary alicyclic amines) is 1. The highest BCUT2D eigenvalue weighted by atomic mass is 16.3. The highest BCUT2D eigenvalue weighted by Crippen LogP contribution is 2.41. The number of aliphatic hydroxyl groups is 1. The number of rotatable bonds is 3. The molecule has 23 heavy (non-hydrogen) atoms. The summed E-state index contributed by atoms with van der Waals surface area (Å²) in [6.07, 6.45) is 14.5. The van der Waals surface area contributed by atoms with E-state index in [1.54, 1.807) is 6.20 Å². The molecule has 1 saturated carbocycles. The molecule has 5 nitrogen and oxygen atoms in total. The van der Waals surface area contributed by atoms with Gasteiger partial charge in [0, 0.05) is 30.9 Å². The topological polar surface area (TPSA) is 53.7 Å². The van der Waals surface area contributed by atoms with Gasteiger partial charge in [-0.15, -0.1) is 0 Å². The van der Waals surface area contributed by atoms with Crippen molar-refractivity contribution in [2.45, 2.75) is 63.6 Å². The molecule has 1 saturated heterocycles. The van der Waals surface area contributed by atoms with E-state index >= 15 is 0 Å². The summed E-state index contributed by atoms with van der Waals surface area (Å²) in [6.45, 7) is 4.07. The first kappa shape index (κ1) is 15.1. The third-order valence-electron chi connectivity index (χ3n) is 5.88. The highest BCUT2D eigenvalue weighted by molar-refractivity contribution is 5.36. The second-order valence-corrected chi connectivity index (χ2v) is 7.44. The normalized spacial score (nSPS) is 32.6. The Labute approximate surface area is 137 Å². The SMILES string of the molecule is CC1(O)CCCCC1C1CCCN1Cc1cnc2cnccn12. The van der Waals surface area contributed by atoms with Gasteiger partial charge in [0.05, 0.1) is 23.7 Å². The first-order valence-corrected chi connectivity index (χ1v) is 8.87. The largest absolute Gasteiger partial charge is 0.390 e. The lowest BCUT2D eigenvalue weighted by molar-refractivity contribution is -0.0630. The molecule has 4 rings (SSSR count). The molecule has 2 aromatic heterocycles. The van der Waals surface area contributed by atoms with Crippen molar-refractivity contribution in [3.63, 3.8) is 0 Å². The zero-order valence-electron chi connectivity index (χ0n) is 13.9. The Morgan fingerprint density at radius 3 is 3.04 bits per heavy atom. The van der Waals surface area contributed by atoms with Crippen LogP contribution < -0.4 is 0 Å². The zero-order chi connectivity index (χ0) is 15.9. The summed E-state index contributed by atoms with van der Waals surface area (Å²) in [7, 11) is 0. The van der Waals surface area contributed by atoms with Crippen LogP contribution in [0.25, 0.3) is 5.65 Å². The molecule has 0 aromatic carbocycles. The number of aromatic nitrogens is 3. The van der Waals surface area contributed by atoms with Crippen LogP contribution >= 0.6 is 0 Å². The third-order valence-corrected chi connectivity index (χ3v) is 5.88. The molecule has 1 aliphatic carbocycles. The van der Waals surface area contributed by atoms with Crippen molar-refractivity contribution in [2.75, 3.05) is 6.54 Å². The Kier molecular flexibility index (Phi) is 3.85. The maximum absolute atomic E-state index is 10.9. The maximum atomic E-state index is 10.9. The van der Waals surface area contributed by atoms with Crippen LogP contribution in [0.2, 0.25) is 0 Å². The zero-order valence-corrected chi connectivity index (χ0v) is 13.9. The van der Waals surface area contributed by atoms with Crippen LogP contribution in [0.5, 0.6) is 0 Å². The van der Waals surface area contributed by atoms with E-state index in [4.69, 9.17) is 0 Å². The molecule has 0 spiro atoms. The fourth-order valence-corrected chi connectivity index (χ4v) is 4.67. The van der Waals surface area contributed by atoms with Crippen LogP contribution in [0.3, 0.4) is 0 Å². The molecule has 124 valence electrons. The minimum absolute atomic E-state index is 0.402. The molecule has 0 radical (unpaired) electrons. The van der Waals surface area contributed by atoms with Crippen LogP contribution in [-0.2, 0) is 6.54 Å². The second-order valence-electron chi connectivity index (χ2n) is 7.44. The van der Waals surface area contributed by atoms with Gasteiger partial charge >= 0.3 is 0 Å². The number of nitrogens with zero attached hydrogens (tertiary/aromatic N) is 4. The van der Waals surface area contributed by atoms with E-state index in [1.165, 1.54) is 25.0 Å². The van der Waals surface area contributed by atoms with Gasteiger partial charge in [0.1, 0.15) is 0 Å². The Balaban J connectivity index is 1.56. The molecule has 3 atom stereocenters. The molecule has 1 N–H and O–H groups in total. The van der Waals surface area contributed by atoms with Crippen molar-refractivity contribution < 1.29 is 5.11 Å². The van der Waals surface area contributed by atoms with Crippen LogP contribution in [-0.4, -0.2) is 42.6 Å². The first-order valence-electron chi connectivity index (χ1n) is 8.87. The van der Waals surface area contributed by atoms with Gasteiger partial charge < -0.3 is 5.11 Å². The average molecular weight is 314 g/mol. The van der Waals surface area contributed by atoms with E-state index in [0.717, 1.165) is 38.0 Å². The van der Waals surface area contributed by atoms with Gasteiger partial charge in [-0.2, -0.15) is 0 Å². The predicted octanol–water partition coefficient (Wildman–Crippen LogP) is 2.63. The monoisotopic (exact) mass is 314 g/mol. The first-order chi connectivity index (χ1) is 11.1. The fourth-order valence-electron chi connectivity index (χ4n) is 4.67. The predicted molar refractivity (Wildman–Crippen MR) is 89.0 cm³/mol. The number of imidazole rings is 1. The number of fused-ring (bicyclic) bond motifs is 1. The summed E-state index contributed by atoms with van der Waals surface area (Å²) < 4.78 is 2.13. The van der Waals surface area contributed by atoms with Crippen molar-refractivity contribution in [1.29, 1.82) is 0 Å². The molecule has 0 bridgehead atoms. The lowest BCUT2D eigenvalue weighted by Gasteiger charge is -2.43. The molecule has 2 fully saturated rings. The van der Waals surface area contributed by atoms with Crippen molar-refractivity contribution in [2.24, 2.45) is 5.92 Å². The lowest BCUT2D eigenvalue weighted by atomic mass is 9.72. The van der Waals surface area contributed by atoms with Crippen LogP contribution in [0.4, 0.5) is 0 Å². The number of hydrogen-bond acceptors (Lipinski definition) is 4. The van der Waals surface area contributed by atoms with E-state index in [0.29, 0.717) is 12.0 Å². The van der Waals surface area contributed by atoms with Crippen molar-refractivity contribution >= 4 is 5.65 Å². The van der Waals surface area contributed by atoms with Gasteiger partial charge in [-0.05, 0) is 39.2 Å². The lowest BCUT2D eigenvalue weighted by Crippen LogP contribution is -2.48. The summed E-state index contributed by atoms with van der Waals surface area (Å²) in [5.74, 6) is 0.402. The van der Waals surface area contributed by atoms with Gasteiger partial charge in [-0.3, -0.25) is 14.3 Å². The molecule has 5 heteroatoms. The van der Waals surface area contributed by atoms with Gasteiger partial charge in [0.25, 0.3) is 0 Å². The molecule has 3 unspecified atom stereocenters. The maximum Gasteiger partial charge on any atom is 0.155 e. The molecular weight excluding hydrogens is 288 g/mol. The van der Waals surface area contributed by atoms with Crippen molar-refractivity contribution in [1.82, 2.24) is 19.3 Å². The molecule has 1 aliphatic heterocycles. The minimum Gasteiger partial charge on any atom is -0.390 e. The van der Waals surface area contributed by atoms with Gasteiger partial charge in [0.15, 0.2) is 5.65 Å². The van der Waals surface area contributed by atoms with Gasteiger partial charge in [-0.1, -0.05) is 12.8 Å². The standard InChI is InChI=1S/C18H26N4O/c1-18(23)7-3-2-5-15(18)16-6-4-9-21(16)13-14-11-20-17-12-19-8-10-22(14)17/h8,10-12,15-16,23H,2-7,9,13H2,1H3.